The first kappa shape index (κ1) is 12.1. The number of hydrogen-bond donors (Lipinski definition) is 1. The molecule has 2 aromatic rings. The minimum absolute atomic E-state index is 0.0804. The van der Waals surface area contributed by atoms with E-state index >= 15 is 0 Å². The molecule has 0 saturated carbocycles. The fraction of sp³-hybridized carbons (Fsp3) is 0.250. The average molecular weight is 254 g/mol. The van der Waals surface area contributed by atoms with Gasteiger partial charge in [-0.3, -0.25) is 0 Å². The van der Waals surface area contributed by atoms with Crippen LogP contribution in [0, 0.1) is 12.7 Å². The van der Waals surface area contributed by atoms with Crippen molar-refractivity contribution in [2.24, 2.45) is 12.8 Å². The lowest BCUT2D eigenvalue weighted by atomic mass is 10.0. The standard InChI is InChI=1S/C12H13ClFN3/c1-7-16-6-10(17(7)2)12(15)8-4-3-5-9(13)11(8)14/h3-6,12H,15H2,1-2H3. The van der Waals surface area contributed by atoms with E-state index in [1.807, 2.05) is 18.5 Å². The van der Waals surface area contributed by atoms with Crippen molar-refractivity contribution >= 4 is 11.6 Å². The van der Waals surface area contributed by atoms with E-state index < -0.39 is 11.9 Å². The average Bonchev–Trinajstić information content (AvgIpc) is 2.63. The van der Waals surface area contributed by atoms with Crippen LogP contribution in [0.3, 0.4) is 0 Å². The van der Waals surface area contributed by atoms with Crippen molar-refractivity contribution in [3.63, 3.8) is 0 Å². The molecule has 2 rings (SSSR count). The van der Waals surface area contributed by atoms with Gasteiger partial charge < -0.3 is 10.3 Å². The molecule has 1 unspecified atom stereocenters. The second kappa shape index (κ2) is 4.47. The Labute approximate surface area is 104 Å². The summed E-state index contributed by atoms with van der Waals surface area (Å²) in [4.78, 5) is 4.14. The molecule has 2 N–H and O–H groups in total. The fourth-order valence-corrected chi connectivity index (χ4v) is 1.91. The highest BCUT2D eigenvalue weighted by atomic mass is 35.5. The van der Waals surface area contributed by atoms with Gasteiger partial charge in [0.1, 0.15) is 11.6 Å². The van der Waals surface area contributed by atoms with Crippen molar-refractivity contribution < 1.29 is 4.39 Å². The summed E-state index contributed by atoms with van der Waals surface area (Å²) in [5.74, 6) is 0.360. The maximum atomic E-state index is 13.8. The van der Waals surface area contributed by atoms with Gasteiger partial charge in [-0.1, -0.05) is 23.7 Å². The lowest BCUT2D eigenvalue weighted by Crippen LogP contribution is -2.17. The molecule has 0 bridgehead atoms. The summed E-state index contributed by atoms with van der Waals surface area (Å²) in [6.45, 7) is 1.87. The molecule has 5 heteroatoms. The molecule has 0 saturated heterocycles. The molecule has 3 nitrogen and oxygen atoms in total. The Kier molecular flexibility index (Phi) is 3.17. The zero-order chi connectivity index (χ0) is 12.6. The predicted molar refractivity (Wildman–Crippen MR) is 65.4 cm³/mol. The van der Waals surface area contributed by atoms with Gasteiger partial charge in [0.05, 0.1) is 23.0 Å². The highest BCUT2D eigenvalue weighted by molar-refractivity contribution is 6.30. The Morgan fingerprint density at radius 1 is 1.47 bits per heavy atom. The van der Waals surface area contributed by atoms with Gasteiger partial charge in [-0.15, -0.1) is 0 Å². The molecule has 0 aliphatic rings. The van der Waals surface area contributed by atoms with E-state index in [0.717, 1.165) is 11.5 Å². The highest BCUT2D eigenvalue weighted by Crippen LogP contribution is 2.26. The molecule has 0 amide bonds. The number of aromatic nitrogens is 2. The Hall–Kier alpha value is -1.39. The molecule has 0 aliphatic carbocycles. The van der Waals surface area contributed by atoms with E-state index in [2.05, 4.69) is 4.98 Å². The monoisotopic (exact) mass is 253 g/mol. The second-order valence-corrected chi connectivity index (χ2v) is 4.32. The third kappa shape index (κ3) is 2.06. The zero-order valence-corrected chi connectivity index (χ0v) is 10.4. The van der Waals surface area contributed by atoms with Gasteiger partial charge in [0.25, 0.3) is 0 Å². The SMILES string of the molecule is Cc1ncc(C(N)c2cccc(Cl)c2F)n1C. The number of imidazole rings is 1. The van der Waals surface area contributed by atoms with Crippen molar-refractivity contribution in [3.8, 4) is 0 Å². The number of nitrogens with zero attached hydrogens (tertiary/aromatic N) is 2. The molecule has 0 aliphatic heterocycles. The van der Waals surface area contributed by atoms with Crippen molar-refractivity contribution in [2.75, 3.05) is 0 Å². The van der Waals surface area contributed by atoms with Gasteiger partial charge in [-0.25, -0.2) is 9.37 Å². The van der Waals surface area contributed by atoms with Crippen molar-refractivity contribution in [2.45, 2.75) is 13.0 Å². The summed E-state index contributed by atoms with van der Waals surface area (Å²) >= 11 is 5.74. The van der Waals surface area contributed by atoms with Gasteiger partial charge in [0.15, 0.2) is 0 Å². The Balaban J connectivity index is 2.47. The van der Waals surface area contributed by atoms with Crippen LogP contribution in [0.4, 0.5) is 4.39 Å². The second-order valence-electron chi connectivity index (χ2n) is 3.91. The summed E-state index contributed by atoms with van der Waals surface area (Å²) in [6.07, 6.45) is 1.65. The molecule has 1 atom stereocenters. The number of nitrogens with two attached hydrogens (primary N) is 1. The molecule has 1 aromatic carbocycles. The van der Waals surface area contributed by atoms with Gasteiger partial charge in [-0.05, 0) is 13.0 Å². The topological polar surface area (TPSA) is 43.8 Å². The van der Waals surface area contributed by atoms with Crippen LogP contribution >= 0.6 is 11.6 Å². The zero-order valence-electron chi connectivity index (χ0n) is 9.61. The van der Waals surface area contributed by atoms with Gasteiger partial charge in [0, 0.05) is 12.6 Å². The lowest BCUT2D eigenvalue weighted by Gasteiger charge is -2.14. The van der Waals surface area contributed by atoms with Crippen LogP contribution in [0.1, 0.15) is 23.1 Å². The summed E-state index contributed by atoms with van der Waals surface area (Å²) in [6, 6.07) is 4.25. The van der Waals surface area contributed by atoms with Crippen LogP contribution < -0.4 is 5.73 Å². The van der Waals surface area contributed by atoms with Gasteiger partial charge >= 0.3 is 0 Å². The van der Waals surface area contributed by atoms with E-state index in [0.29, 0.717) is 5.56 Å². The van der Waals surface area contributed by atoms with Crippen LogP contribution in [0.5, 0.6) is 0 Å². The number of hydrogen-bond acceptors (Lipinski definition) is 2. The molecule has 0 fully saturated rings. The first-order valence-electron chi connectivity index (χ1n) is 5.20. The molecule has 0 radical (unpaired) electrons. The van der Waals surface area contributed by atoms with E-state index in [1.165, 1.54) is 6.07 Å². The third-order valence-corrected chi connectivity index (χ3v) is 3.18. The number of rotatable bonds is 2. The van der Waals surface area contributed by atoms with E-state index in [1.54, 1.807) is 18.3 Å². The predicted octanol–water partition coefficient (Wildman–Crippen LogP) is 2.57. The molecule has 90 valence electrons. The van der Waals surface area contributed by atoms with Crippen molar-refractivity contribution in [1.29, 1.82) is 0 Å². The van der Waals surface area contributed by atoms with Crippen LogP contribution in [-0.2, 0) is 7.05 Å². The highest BCUT2D eigenvalue weighted by Gasteiger charge is 2.18. The van der Waals surface area contributed by atoms with E-state index in [-0.39, 0.29) is 5.02 Å². The molecule has 0 spiro atoms. The number of aryl methyl sites for hydroxylation is 1. The number of halogens is 2. The molecular formula is C12H13ClFN3. The third-order valence-electron chi connectivity index (χ3n) is 2.89. The Morgan fingerprint density at radius 2 is 2.18 bits per heavy atom. The molecule has 17 heavy (non-hydrogen) atoms. The normalized spacial score (nSPS) is 12.8. The van der Waals surface area contributed by atoms with Crippen LogP contribution in [0.2, 0.25) is 5.02 Å². The quantitative estimate of drug-likeness (QED) is 0.894. The van der Waals surface area contributed by atoms with Crippen LogP contribution in [0.15, 0.2) is 24.4 Å². The first-order chi connectivity index (χ1) is 8.02. The molecular weight excluding hydrogens is 241 g/mol. The lowest BCUT2D eigenvalue weighted by molar-refractivity contribution is 0.592. The Bertz CT molecular complexity index is 551. The van der Waals surface area contributed by atoms with Crippen molar-refractivity contribution in [1.82, 2.24) is 9.55 Å². The van der Waals surface area contributed by atoms with E-state index in [4.69, 9.17) is 17.3 Å². The summed E-state index contributed by atoms with van der Waals surface area (Å²) in [5.41, 5.74) is 7.17. The minimum Gasteiger partial charge on any atom is -0.334 e. The van der Waals surface area contributed by atoms with Crippen LogP contribution in [0.25, 0.3) is 0 Å². The van der Waals surface area contributed by atoms with E-state index in [9.17, 15) is 4.39 Å². The Morgan fingerprint density at radius 3 is 2.76 bits per heavy atom. The van der Waals surface area contributed by atoms with Crippen LogP contribution in [-0.4, -0.2) is 9.55 Å². The first-order valence-corrected chi connectivity index (χ1v) is 5.58. The summed E-state index contributed by atoms with van der Waals surface area (Å²) in [7, 11) is 1.85. The van der Waals surface area contributed by atoms with Crippen molar-refractivity contribution in [3.05, 3.63) is 52.3 Å². The summed E-state index contributed by atoms with van der Waals surface area (Å²) < 4.78 is 15.7. The molecule has 1 heterocycles. The van der Waals surface area contributed by atoms with Gasteiger partial charge in [0.2, 0.25) is 0 Å². The fourth-order valence-electron chi connectivity index (χ4n) is 1.73. The van der Waals surface area contributed by atoms with Gasteiger partial charge in [-0.2, -0.15) is 0 Å². The minimum atomic E-state index is -0.570. The summed E-state index contributed by atoms with van der Waals surface area (Å²) in [5, 5.41) is 0.0804. The maximum Gasteiger partial charge on any atom is 0.146 e. The molecule has 1 aromatic heterocycles. The number of benzene rings is 1. The smallest absolute Gasteiger partial charge is 0.146 e. The largest absolute Gasteiger partial charge is 0.334 e. The maximum absolute atomic E-state index is 13.8.